The zero-order chi connectivity index (χ0) is 12.4. The first-order valence-electron chi connectivity index (χ1n) is 6.22. The number of fused-ring (bicyclic) bond motifs is 1. The van der Waals surface area contributed by atoms with Gasteiger partial charge in [0.25, 0.3) is 5.91 Å². The fourth-order valence-electron chi connectivity index (χ4n) is 2.22. The van der Waals surface area contributed by atoms with Gasteiger partial charge in [0.15, 0.2) is 0 Å². The third-order valence-corrected chi connectivity index (χ3v) is 3.18. The summed E-state index contributed by atoms with van der Waals surface area (Å²) in [6, 6.07) is 5.73. The average molecular weight is 248 g/mol. The number of hydrogen-bond donors (Lipinski definition) is 2. The molecule has 1 fully saturated rings. The van der Waals surface area contributed by atoms with Crippen molar-refractivity contribution >= 4 is 11.6 Å². The van der Waals surface area contributed by atoms with Gasteiger partial charge < -0.3 is 20.1 Å². The van der Waals surface area contributed by atoms with Gasteiger partial charge in [-0.1, -0.05) is 0 Å². The molecule has 1 atom stereocenters. The monoisotopic (exact) mass is 248 g/mol. The molecule has 0 aromatic heterocycles. The number of carbonyl (C=O) groups is 1. The first kappa shape index (κ1) is 11.5. The van der Waals surface area contributed by atoms with Crippen LogP contribution in [-0.2, 0) is 16.0 Å². The van der Waals surface area contributed by atoms with Crippen molar-refractivity contribution in [2.75, 3.05) is 31.6 Å². The molecule has 1 aromatic rings. The minimum atomic E-state index is -0.400. The molecule has 2 aliphatic heterocycles. The van der Waals surface area contributed by atoms with Gasteiger partial charge in [-0.25, -0.2) is 0 Å². The molecule has 2 N–H and O–H groups in total. The van der Waals surface area contributed by atoms with E-state index in [-0.39, 0.29) is 5.91 Å². The summed E-state index contributed by atoms with van der Waals surface area (Å²) in [6.07, 6.45) is 0.504. The van der Waals surface area contributed by atoms with Crippen molar-refractivity contribution in [3.05, 3.63) is 23.8 Å². The molecule has 3 rings (SSSR count). The quantitative estimate of drug-likeness (QED) is 0.802. The van der Waals surface area contributed by atoms with Gasteiger partial charge in [-0.3, -0.25) is 4.79 Å². The number of hydrogen-bond acceptors (Lipinski definition) is 4. The Morgan fingerprint density at radius 3 is 3.17 bits per heavy atom. The van der Waals surface area contributed by atoms with E-state index in [1.54, 1.807) is 0 Å². The zero-order valence-electron chi connectivity index (χ0n) is 10.1. The second-order valence-electron chi connectivity index (χ2n) is 4.47. The summed E-state index contributed by atoms with van der Waals surface area (Å²) < 4.78 is 10.8. The Kier molecular flexibility index (Phi) is 3.17. The fourth-order valence-corrected chi connectivity index (χ4v) is 2.22. The van der Waals surface area contributed by atoms with Crippen molar-refractivity contribution in [3.8, 4) is 5.75 Å². The molecule has 0 radical (unpaired) electrons. The van der Waals surface area contributed by atoms with Crippen molar-refractivity contribution in [1.29, 1.82) is 0 Å². The van der Waals surface area contributed by atoms with Crippen LogP contribution >= 0.6 is 0 Å². The fraction of sp³-hybridized carbons (Fsp3) is 0.462. The van der Waals surface area contributed by atoms with E-state index in [9.17, 15) is 4.79 Å². The van der Waals surface area contributed by atoms with Gasteiger partial charge in [-0.2, -0.15) is 0 Å². The predicted molar refractivity (Wildman–Crippen MR) is 66.9 cm³/mol. The highest BCUT2D eigenvalue weighted by Gasteiger charge is 2.22. The zero-order valence-corrected chi connectivity index (χ0v) is 10.1. The first-order chi connectivity index (χ1) is 8.83. The van der Waals surface area contributed by atoms with Gasteiger partial charge in [0.2, 0.25) is 0 Å². The molecule has 0 aliphatic carbocycles. The second kappa shape index (κ2) is 4.96. The molecule has 18 heavy (non-hydrogen) atoms. The summed E-state index contributed by atoms with van der Waals surface area (Å²) in [4.78, 5) is 12.0. The molecule has 1 unspecified atom stereocenters. The number of benzene rings is 1. The maximum Gasteiger partial charge on any atom is 0.254 e. The summed E-state index contributed by atoms with van der Waals surface area (Å²) >= 11 is 0. The molecule has 0 bridgehead atoms. The molecule has 1 amide bonds. The molecule has 5 heteroatoms. The van der Waals surface area contributed by atoms with Crippen LogP contribution in [0.15, 0.2) is 18.2 Å². The van der Waals surface area contributed by atoms with Crippen molar-refractivity contribution in [3.63, 3.8) is 0 Å². The molecule has 1 aromatic carbocycles. The van der Waals surface area contributed by atoms with Crippen molar-refractivity contribution in [2.45, 2.75) is 12.5 Å². The van der Waals surface area contributed by atoms with E-state index in [2.05, 4.69) is 10.6 Å². The summed E-state index contributed by atoms with van der Waals surface area (Å²) in [5.74, 6) is 0.824. The van der Waals surface area contributed by atoms with E-state index in [4.69, 9.17) is 9.47 Å². The predicted octanol–water partition coefficient (Wildman–Crippen LogP) is 0.548. The summed E-state index contributed by atoms with van der Waals surface area (Å²) in [5, 5.41) is 6.02. The van der Waals surface area contributed by atoms with Gasteiger partial charge in [0, 0.05) is 25.2 Å². The third kappa shape index (κ3) is 2.32. The number of morpholine rings is 1. The summed E-state index contributed by atoms with van der Waals surface area (Å²) in [6.45, 7) is 2.68. The smallest absolute Gasteiger partial charge is 0.254 e. The Morgan fingerprint density at radius 2 is 2.33 bits per heavy atom. The van der Waals surface area contributed by atoms with Gasteiger partial charge in [0.1, 0.15) is 11.9 Å². The SMILES string of the molecule is O=C(Nc1ccc2c(c1)CCO2)C1CNCCO1. The number of nitrogens with one attached hydrogen (secondary N) is 2. The molecule has 1 saturated heterocycles. The molecule has 96 valence electrons. The molecule has 5 nitrogen and oxygen atoms in total. The van der Waals surface area contributed by atoms with E-state index in [1.807, 2.05) is 18.2 Å². The Bertz CT molecular complexity index is 456. The van der Waals surface area contributed by atoms with Crippen LogP contribution in [0.5, 0.6) is 5.75 Å². The molecule has 0 saturated carbocycles. The van der Waals surface area contributed by atoms with Gasteiger partial charge in [0.05, 0.1) is 13.2 Å². The Balaban J connectivity index is 1.66. The lowest BCUT2D eigenvalue weighted by molar-refractivity contribution is -0.128. The topological polar surface area (TPSA) is 59.6 Å². The van der Waals surface area contributed by atoms with Crippen LogP contribution in [0.4, 0.5) is 5.69 Å². The highest BCUT2D eigenvalue weighted by atomic mass is 16.5. The average Bonchev–Trinajstić information content (AvgIpc) is 2.87. The van der Waals surface area contributed by atoms with Crippen LogP contribution in [-0.4, -0.2) is 38.3 Å². The van der Waals surface area contributed by atoms with E-state index >= 15 is 0 Å². The lowest BCUT2D eigenvalue weighted by Crippen LogP contribution is -2.45. The van der Waals surface area contributed by atoms with Crippen LogP contribution in [0, 0.1) is 0 Å². The Labute approximate surface area is 105 Å². The van der Waals surface area contributed by atoms with Crippen molar-refractivity contribution in [1.82, 2.24) is 5.32 Å². The van der Waals surface area contributed by atoms with Crippen LogP contribution < -0.4 is 15.4 Å². The minimum Gasteiger partial charge on any atom is -0.493 e. The van der Waals surface area contributed by atoms with E-state index in [0.29, 0.717) is 13.2 Å². The van der Waals surface area contributed by atoms with Crippen molar-refractivity contribution in [2.24, 2.45) is 0 Å². The maximum absolute atomic E-state index is 12.0. The van der Waals surface area contributed by atoms with Gasteiger partial charge >= 0.3 is 0 Å². The number of rotatable bonds is 2. The Morgan fingerprint density at radius 1 is 1.39 bits per heavy atom. The highest BCUT2D eigenvalue weighted by Crippen LogP contribution is 2.27. The number of amides is 1. The van der Waals surface area contributed by atoms with Gasteiger partial charge in [-0.05, 0) is 23.8 Å². The second-order valence-corrected chi connectivity index (χ2v) is 4.47. The van der Waals surface area contributed by atoms with Gasteiger partial charge in [-0.15, -0.1) is 0 Å². The summed E-state index contributed by atoms with van der Waals surface area (Å²) in [5.41, 5.74) is 1.95. The number of ether oxygens (including phenoxy) is 2. The van der Waals surface area contributed by atoms with E-state index in [1.165, 1.54) is 0 Å². The molecule has 2 aliphatic rings. The van der Waals surface area contributed by atoms with Crippen molar-refractivity contribution < 1.29 is 14.3 Å². The highest BCUT2D eigenvalue weighted by molar-refractivity contribution is 5.94. The largest absolute Gasteiger partial charge is 0.493 e. The molecular formula is C13H16N2O3. The lowest BCUT2D eigenvalue weighted by atomic mass is 10.1. The summed E-state index contributed by atoms with van der Waals surface area (Å²) in [7, 11) is 0. The minimum absolute atomic E-state index is 0.0962. The first-order valence-corrected chi connectivity index (χ1v) is 6.22. The molecule has 0 spiro atoms. The molecular weight excluding hydrogens is 232 g/mol. The Hall–Kier alpha value is -1.59. The number of carbonyl (C=O) groups excluding carboxylic acids is 1. The third-order valence-electron chi connectivity index (χ3n) is 3.18. The standard InChI is InChI=1S/C13H16N2O3/c16-13(12-8-14-4-6-18-12)15-10-1-2-11-9(7-10)3-5-17-11/h1-2,7,12,14H,3-6,8H2,(H,15,16). The number of anilines is 1. The van der Waals surface area contributed by atoms with Crippen LogP contribution in [0.2, 0.25) is 0 Å². The lowest BCUT2D eigenvalue weighted by Gasteiger charge is -2.22. The normalized spacial score (nSPS) is 22.1. The van der Waals surface area contributed by atoms with Crippen LogP contribution in [0.3, 0.4) is 0 Å². The van der Waals surface area contributed by atoms with E-state index in [0.717, 1.165) is 36.6 Å². The van der Waals surface area contributed by atoms with Crippen LogP contribution in [0.1, 0.15) is 5.56 Å². The molecule has 2 heterocycles. The van der Waals surface area contributed by atoms with E-state index < -0.39 is 6.10 Å². The van der Waals surface area contributed by atoms with Crippen LogP contribution in [0.25, 0.3) is 0 Å². The maximum atomic E-state index is 12.0.